The fourth-order valence-electron chi connectivity index (χ4n) is 2.77. The van der Waals surface area contributed by atoms with Crippen LogP contribution in [0.1, 0.15) is 6.92 Å². The zero-order chi connectivity index (χ0) is 18.7. The highest BCUT2D eigenvalue weighted by molar-refractivity contribution is 7.89. The van der Waals surface area contributed by atoms with Gasteiger partial charge in [-0.25, -0.2) is 13.4 Å². The third-order valence-corrected chi connectivity index (χ3v) is 6.14. The van der Waals surface area contributed by atoms with Crippen molar-refractivity contribution in [1.29, 1.82) is 0 Å². The van der Waals surface area contributed by atoms with Crippen LogP contribution in [0.3, 0.4) is 0 Å². The molecule has 0 unspecified atom stereocenters. The quantitative estimate of drug-likeness (QED) is 0.765. The van der Waals surface area contributed by atoms with E-state index in [0.29, 0.717) is 44.4 Å². The van der Waals surface area contributed by atoms with Gasteiger partial charge in [0.25, 0.3) is 0 Å². The van der Waals surface area contributed by atoms with E-state index in [4.69, 9.17) is 22.1 Å². The van der Waals surface area contributed by atoms with E-state index in [1.807, 2.05) is 11.8 Å². The minimum atomic E-state index is -3.55. The van der Waals surface area contributed by atoms with Crippen LogP contribution in [0.25, 0.3) is 0 Å². The van der Waals surface area contributed by atoms with E-state index in [1.165, 1.54) is 4.31 Å². The van der Waals surface area contributed by atoms with Crippen molar-refractivity contribution in [2.45, 2.75) is 11.8 Å². The predicted molar refractivity (Wildman–Crippen MR) is 100 cm³/mol. The monoisotopic (exact) mass is 397 g/mol. The second-order valence-corrected chi connectivity index (χ2v) is 8.03. The molecule has 1 fully saturated rings. The number of nitrogens with two attached hydrogens (primary N) is 1. The Morgan fingerprint density at radius 3 is 2.38 bits per heavy atom. The smallest absolute Gasteiger partial charge is 0.243 e. The van der Waals surface area contributed by atoms with E-state index in [2.05, 4.69) is 9.97 Å². The molecule has 1 saturated heterocycles. The van der Waals surface area contributed by atoms with Gasteiger partial charge in [-0.3, -0.25) is 0 Å². The second kappa shape index (κ2) is 7.65. The van der Waals surface area contributed by atoms with Crippen LogP contribution in [0.15, 0.2) is 35.2 Å². The van der Waals surface area contributed by atoms with Gasteiger partial charge in [0.05, 0.1) is 11.5 Å². The number of piperazine rings is 1. The fourth-order valence-corrected chi connectivity index (χ4v) is 4.37. The molecular weight excluding hydrogens is 378 g/mol. The summed E-state index contributed by atoms with van der Waals surface area (Å²) in [6.07, 6.45) is 0. The molecule has 2 N–H and O–H groups in total. The summed E-state index contributed by atoms with van der Waals surface area (Å²) in [6.45, 7) is 4.08. The van der Waals surface area contributed by atoms with Gasteiger partial charge in [0, 0.05) is 32.2 Å². The molecule has 2 aromatic rings. The van der Waals surface area contributed by atoms with Crippen molar-refractivity contribution in [2.24, 2.45) is 0 Å². The zero-order valence-electron chi connectivity index (χ0n) is 14.3. The number of ether oxygens (including phenoxy) is 1. The third-order valence-electron chi connectivity index (χ3n) is 4.03. The topological polar surface area (TPSA) is 102 Å². The lowest BCUT2D eigenvalue weighted by molar-refractivity contribution is 0.340. The van der Waals surface area contributed by atoms with Crippen molar-refractivity contribution in [3.8, 4) is 5.75 Å². The number of nitrogens with zero attached hydrogens (tertiary/aromatic N) is 4. The van der Waals surface area contributed by atoms with Crippen molar-refractivity contribution in [1.82, 2.24) is 14.3 Å². The van der Waals surface area contributed by atoms with Gasteiger partial charge in [-0.1, -0.05) is 11.6 Å². The molecule has 8 nitrogen and oxygen atoms in total. The zero-order valence-corrected chi connectivity index (χ0v) is 15.9. The van der Waals surface area contributed by atoms with E-state index in [0.717, 1.165) is 0 Å². The lowest BCUT2D eigenvalue weighted by Gasteiger charge is -2.34. The van der Waals surface area contributed by atoms with Crippen molar-refractivity contribution >= 4 is 33.4 Å². The van der Waals surface area contributed by atoms with E-state index in [-0.39, 0.29) is 16.0 Å². The molecule has 0 spiro atoms. The molecule has 0 saturated carbocycles. The molecule has 1 aromatic carbocycles. The maximum atomic E-state index is 12.8. The summed E-state index contributed by atoms with van der Waals surface area (Å²) in [4.78, 5) is 10.2. The lowest BCUT2D eigenvalue weighted by Crippen LogP contribution is -2.49. The molecule has 1 aliphatic heterocycles. The number of nitrogen functional groups attached to an aromatic ring is 1. The Kier molecular flexibility index (Phi) is 5.49. The first-order valence-electron chi connectivity index (χ1n) is 8.18. The highest BCUT2D eigenvalue weighted by atomic mass is 35.5. The predicted octanol–water partition coefficient (Wildman–Crippen LogP) is 1.62. The Balaban J connectivity index is 1.70. The second-order valence-electron chi connectivity index (χ2n) is 5.70. The van der Waals surface area contributed by atoms with E-state index >= 15 is 0 Å². The SMILES string of the molecule is CCOc1ccc(S(=O)(=O)N2CCN(c3cc(Cl)nc(N)n3)CC2)cc1. The standard InChI is InChI=1S/C16H20ClN5O3S/c1-2-25-12-3-5-13(6-4-12)26(23,24)22-9-7-21(8-10-22)15-11-14(17)19-16(18)20-15/h3-6,11H,2,7-10H2,1H3,(H2,18,19,20). The molecule has 0 atom stereocenters. The molecule has 1 aromatic heterocycles. The van der Waals surface area contributed by atoms with Crippen LogP contribution in [-0.4, -0.2) is 55.5 Å². The Bertz CT molecular complexity index is 848. The average Bonchev–Trinajstić information content (AvgIpc) is 2.62. The molecule has 140 valence electrons. The van der Waals surface area contributed by atoms with Crippen LogP contribution in [0, 0.1) is 0 Å². The highest BCUT2D eigenvalue weighted by Crippen LogP contribution is 2.23. The summed E-state index contributed by atoms with van der Waals surface area (Å²) in [6, 6.07) is 8.08. The number of halogens is 1. The van der Waals surface area contributed by atoms with Crippen LogP contribution in [0.4, 0.5) is 11.8 Å². The largest absolute Gasteiger partial charge is 0.494 e. The molecule has 0 bridgehead atoms. The summed E-state index contributed by atoms with van der Waals surface area (Å²) < 4.78 is 32.4. The van der Waals surface area contributed by atoms with Crippen molar-refractivity contribution in [3.05, 3.63) is 35.5 Å². The molecule has 26 heavy (non-hydrogen) atoms. The Labute approximate surface area is 157 Å². The minimum absolute atomic E-state index is 0.0944. The van der Waals surface area contributed by atoms with Crippen LogP contribution >= 0.6 is 11.6 Å². The summed E-state index contributed by atoms with van der Waals surface area (Å²) in [5.74, 6) is 1.34. The van der Waals surface area contributed by atoms with Crippen LogP contribution < -0.4 is 15.4 Å². The van der Waals surface area contributed by atoms with Crippen LogP contribution in [0.2, 0.25) is 5.15 Å². The van der Waals surface area contributed by atoms with Gasteiger partial charge >= 0.3 is 0 Å². The molecule has 2 heterocycles. The van der Waals surface area contributed by atoms with Gasteiger partial charge in [0.1, 0.15) is 16.7 Å². The summed E-state index contributed by atoms with van der Waals surface area (Å²) in [5, 5.41) is 0.261. The number of rotatable bonds is 5. The van der Waals surface area contributed by atoms with E-state index in [1.54, 1.807) is 30.3 Å². The van der Waals surface area contributed by atoms with Gasteiger partial charge in [-0.2, -0.15) is 9.29 Å². The van der Waals surface area contributed by atoms with Crippen molar-refractivity contribution < 1.29 is 13.2 Å². The number of sulfonamides is 1. The van der Waals surface area contributed by atoms with Crippen molar-refractivity contribution in [2.75, 3.05) is 43.4 Å². The van der Waals surface area contributed by atoms with Crippen LogP contribution in [0.5, 0.6) is 5.75 Å². The maximum absolute atomic E-state index is 12.8. The molecule has 1 aliphatic rings. The van der Waals surface area contributed by atoms with Gasteiger partial charge in [-0.15, -0.1) is 0 Å². The third kappa shape index (κ3) is 4.00. The molecule has 10 heteroatoms. The van der Waals surface area contributed by atoms with E-state index < -0.39 is 10.0 Å². The molecule has 0 aliphatic carbocycles. The average molecular weight is 398 g/mol. The normalized spacial score (nSPS) is 15.8. The van der Waals surface area contributed by atoms with Gasteiger partial charge in [-0.05, 0) is 31.2 Å². The number of anilines is 2. The Morgan fingerprint density at radius 2 is 1.81 bits per heavy atom. The number of hydrogen-bond donors (Lipinski definition) is 1. The molecule has 0 amide bonds. The summed E-state index contributed by atoms with van der Waals surface area (Å²) in [7, 11) is -3.55. The van der Waals surface area contributed by atoms with Gasteiger partial charge in [0.15, 0.2) is 0 Å². The van der Waals surface area contributed by atoms with Crippen molar-refractivity contribution in [3.63, 3.8) is 0 Å². The maximum Gasteiger partial charge on any atom is 0.243 e. The highest BCUT2D eigenvalue weighted by Gasteiger charge is 2.29. The molecular formula is C16H20ClN5O3S. The van der Waals surface area contributed by atoms with E-state index in [9.17, 15) is 8.42 Å². The summed E-state index contributed by atoms with van der Waals surface area (Å²) >= 11 is 5.91. The minimum Gasteiger partial charge on any atom is -0.494 e. The first kappa shape index (κ1) is 18.7. The molecule has 3 rings (SSSR count). The Hall–Kier alpha value is -2.10. The summed E-state index contributed by atoms with van der Waals surface area (Å²) in [5.41, 5.74) is 5.62. The number of benzene rings is 1. The Morgan fingerprint density at radius 1 is 1.15 bits per heavy atom. The van der Waals surface area contributed by atoms with Gasteiger partial charge in [0.2, 0.25) is 16.0 Å². The first-order valence-corrected chi connectivity index (χ1v) is 10.00. The van der Waals surface area contributed by atoms with Gasteiger partial charge < -0.3 is 15.4 Å². The first-order chi connectivity index (χ1) is 12.4. The van der Waals surface area contributed by atoms with Crippen LogP contribution in [-0.2, 0) is 10.0 Å². The lowest BCUT2D eigenvalue weighted by atomic mass is 10.3. The molecule has 0 radical (unpaired) electrons. The number of aromatic nitrogens is 2. The number of hydrogen-bond acceptors (Lipinski definition) is 7. The fraction of sp³-hybridized carbons (Fsp3) is 0.375.